The molecule has 106 heavy (non-hydrogen) atoms. The van der Waals surface area contributed by atoms with E-state index in [1.165, 1.54) is 276 Å². The van der Waals surface area contributed by atoms with Crippen molar-refractivity contribution >= 4 is 39.5 Å². The molecule has 0 aliphatic rings. The number of phosphoric acid groups is 2. The minimum Gasteiger partial charge on any atom is -0.462 e. The smallest absolute Gasteiger partial charge is 0.462 e. The molecule has 17 nitrogen and oxygen atoms in total. The van der Waals surface area contributed by atoms with Gasteiger partial charge in [0, 0.05) is 25.7 Å². The van der Waals surface area contributed by atoms with Crippen molar-refractivity contribution in [1.82, 2.24) is 0 Å². The predicted molar refractivity (Wildman–Crippen MR) is 437 cm³/mol. The molecule has 0 spiro atoms. The number of ether oxygens (including phenoxy) is 4. The van der Waals surface area contributed by atoms with Crippen molar-refractivity contribution in [2.75, 3.05) is 39.6 Å². The van der Waals surface area contributed by atoms with Gasteiger partial charge in [-0.3, -0.25) is 37.3 Å². The van der Waals surface area contributed by atoms with Crippen molar-refractivity contribution in [3.63, 3.8) is 0 Å². The quantitative estimate of drug-likeness (QED) is 0.0222. The van der Waals surface area contributed by atoms with Crippen LogP contribution in [0.5, 0.6) is 0 Å². The van der Waals surface area contributed by atoms with Crippen molar-refractivity contribution < 1.29 is 80.2 Å². The first-order valence-electron chi connectivity index (χ1n) is 45.0. The van der Waals surface area contributed by atoms with Crippen LogP contribution in [0.15, 0.2) is 0 Å². The van der Waals surface area contributed by atoms with Gasteiger partial charge in [0.05, 0.1) is 26.4 Å². The fourth-order valence-corrected chi connectivity index (χ4v) is 15.2. The fraction of sp³-hybridized carbons (Fsp3) is 0.954. The van der Waals surface area contributed by atoms with Gasteiger partial charge in [0.15, 0.2) is 12.2 Å². The van der Waals surface area contributed by atoms with E-state index in [4.69, 9.17) is 37.0 Å². The second-order valence-electron chi connectivity index (χ2n) is 32.2. The number of aliphatic hydroxyl groups excluding tert-OH is 1. The largest absolute Gasteiger partial charge is 0.472 e. The summed E-state index contributed by atoms with van der Waals surface area (Å²) in [5, 5.41) is 10.7. The number of aliphatic hydroxyl groups is 1. The lowest BCUT2D eigenvalue weighted by Crippen LogP contribution is -2.30. The third kappa shape index (κ3) is 80.1. The topological polar surface area (TPSA) is 237 Å². The molecule has 0 aromatic rings. The van der Waals surface area contributed by atoms with E-state index in [-0.39, 0.29) is 25.7 Å². The molecular formula is C87H170O17P2. The Morgan fingerprint density at radius 2 is 0.434 bits per heavy atom. The molecule has 630 valence electrons. The molecule has 0 aliphatic carbocycles. The van der Waals surface area contributed by atoms with Crippen LogP contribution in [-0.2, 0) is 65.4 Å². The zero-order chi connectivity index (χ0) is 77.8. The average molecular weight is 1550 g/mol. The Balaban J connectivity index is 5.20. The van der Waals surface area contributed by atoms with Gasteiger partial charge in [-0.25, -0.2) is 9.13 Å². The van der Waals surface area contributed by atoms with Crippen LogP contribution in [0.3, 0.4) is 0 Å². The van der Waals surface area contributed by atoms with E-state index in [0.29, 0.717) is 31.6 Å². The molecule has 0 fully saturated rings. The Hall–Kier alpha value is -1.94. The van der Waals surface area contributed by atoms with E-state index in [1.807, 2.05) is 0 Å². The van der Waals surface area contributed by atoms with Gasteiger partial charge < -0.3 is 33.8 Å². The zero-order valence-electron chi connectivity index (χ0n) is 69.7. The van der Waals surface area contributed by atoms with Crippen LogP contribution in [0.25, 0.3) is 0 Å². The molecule has 0 amide bonds. The maximum atomic E-state index is 13.2. The van der Waals surface area contributed by atoms with Gasteiger partial charge in [0.25, 0.3) is 0 Å². The molecule has 0 bridgehead atoms. The number of phosphoric ester groups is 2. The van der Waals surface area contributed by atoms with E-state index < -0.39 is 97.5 Å². The van der Waals surface area contributed by atoms with E-state index >= 15 is 0 Å². The van der Waals surface area contributed by atoms with E-state index in [2.05, 4.69) is 41.5 Å². The van der Waals surface area contributed by atoms with Crippen LogP contribution in [0.1, 0.15) is 465 Å². The average Bonchev–Trinajstić information content (AvgIpc) is 0.892. The molecule has 0 aliphatic heterocycles. The van der Waals surface area contributed by atoms with Crippen molar-refractivity contribution in [2.24, 2.45) is 11.8 Å². The zero-order valence-corrected chi connectivity index (χ0v) is 71.5. The van der Waals surface area contributed by atoms with Crippen molar-refractivity contribution in [3.8, 4) is 0 Å². The monoisotopic (exact) mass is 1550 g/mol. The number of rotatable bonds is 86. The Kier molecular flexibility index (Phi) is 76.9. The molecule has 0 radical (unpaired) electrons. The minimum atomic E-state index is -4.97. The van der Waals surface area contributed by atoms with Crippen LogP contribution in [0.4, 0.5) is 0 Å². The van der Waals surface area contributed by atoms with Crippen LogP contribution in [0.2, 0.25) is 0 Å². The third-order valence-electron chi connectivity index (χ3n) is 20.5. The number of esters is 4. The standard InChI is InChI=1S/C87H170O17P2/c1-7-9-11-13-15-17-19-21-23-24-25-26-27-31-35-38-42-46-50-57-63-69-84(89)97-75-82(103-86(91)71-66-60-52-48-44-40-36-32-29-28-30-34-37-41-45-49-55-61-67-79(3)4)77-101-105(93,94)99-73-81(88)74-100-106(95,96)102-78-83(76-98-85(90)70-64-58-54-53-56-62-68-80(5)6)104-87(92)72-65-59-51-47-43-39-33-22-20-18-16-14-12-10-8-2/h79-83,88H,7-78H2,1-6H3,(H,93,94)(H,95,96)/t81-,82-,83-/m1/s1. The lowest BCUT2D eigenvalue weighted by atomic mass is 10.0. The summed E-state index contributed by atoms with van der Waals surface area (Å²) in [5.41, 5.74) is 0. The Morgan fingerprint density at radius 3 is 0.642 bits per heavy atom. The molecule has 2 unspecified atom stereocenters. The number of carbonyl (C=O) groups is 4. The maximum Gasteiger partial charge on any atom is 0.472 e. The molecule has 0 saturated carbocycles. The Labute approximate surface area is 651 Å². The lowest BCUT2D eigenvalue weighted by Gasteiger charge is -2.21. The summed E-state index contributed by atoms with van der Waals surface area (Å²) >= 11 is 0. The van der Waals surface area contributed by atoms with Gasteiger partial charge in [-0.15, -0.1) is 0 Å². The molecule has 5 atom stereocenters. The van der Waals surface area contributed by atoms with Gasteiger partial charge in [-0.05, 0) is 37.5 Å². The highest BCUT2D eigenvalue weighted by Crippen LogP contribution is 2.45. The van der Waals surface area contributed by atoms with E-state index in [0.717, 1.165) is 102 Å². The first-order chi connectivity index (χ1) is 51.4. The van der Waals surface area contributed by atoms with Crippen LogP contribution < -0.4 is 0 Å². The van der Waals surface area contributed by atoms with Gasteiger partial charge in [-0.2, -0.15) is 0 Å². The summed E-state index contributed by atoms with van der Waals surface area (Å²) in [4.78, 5) is 73.2. The molecule has 0 rings (SSSR count). The summed E-state index contributed by atoms with van der Waals surface area (Å²) in [6.45, 7) is 9.63. The van der Waals surface area contributed by atoms with E-state index in [9.17, 15) is 43.2 Å². The molecule has 19 heteroatoms. The number of hydrogen-bond acceptors (Lipinski definition) is 15. The third-order valence-corrected chi connectivity index (χ3v) is 22.4. The SMILES string of the molecule is CCCCCCCCCCCCCCCCCCCCCCCC(=O)OC[C@H](COP(=O)(O)OC[C@@H](O)COP(=O)(O)OC[C@@H](COC(=O)CCCCCCCCC(C)C)OC(=O)CCCCCCCCCCCCCCCCC)OC(=O)CCCCCCCCCCCCCCCCCCCCC(C)C. The summed E-state index contributed by atoms with van der Waals surface area (Å²) in [6.07, 6.45) is 71.1. The van der Waals surface area contributed by atoms with Crippen molar-refractivity contribution in [3.05, 3.63) is 0 Å². The maximum absolute atomic E-state index is 13.2. The van der Waals surface area contributed by atoms with Gasteiger partial charge in [-0.1, -0.05) is 414 Å². The van der Waals surface area contributed by atoms with Crippen LogP contribution in [-0.4, -0.2) is 96.7 Å². The van der Waals surface area contributed by atoms with Gasteiger partial charge >= 0.3 is 39.5 Å². The molecule has 0 heterocycles. The molecule has 0 aromatic heterocycles. The number of hydrogen-bond donors (Lipinski definition) is 3. The first-order valence-corrected chi connectivity index (χ1v) is 48.0. The summed E-state index contributed by atoms with van der Waals surface area (Å²) in [6, 6.07) is 0. The van der Waals surface area contributed by atoms with Crippen molar-refractivity contribution in [2.45, 2.75) is 484 Å². The second kappa shape index (κ2) is 78.3. The van der Waals surface area contributed by atoms with Gasteiger partial charge in [0.1, 0.15) is 19.3 Å². The highest BCUT2D eigenvalue weighted by Gasteiger charge is 2.30. The predicted octanol–water partition coefficient (Wildman–Crippen LogP) is 26.6. The Morgan fingerprint density at radius 1 is 0.255 bits per heavy atom. The number of carbonyl (C=O) groups excluding carboxylic acids is 4. The minimum absolute atomic E-state index is 0.107. The summed E-state index contributed by atoms with van der Waals surface area (Å²) in [5.74, 6) is -0.604. The van der Waals surface area contributed by atoms with Gasteiger partial charge in [0.2, 0.25) is 0 Å². The summed E-state index contributed by atoms with van der Waals surface area (Å²) in [7, 11) is -9.93. The highest BCUT2D eigenvalue weighted by atomic mass is 31.2. The first kappa shape index (κ1) is 104. The number of unbranched alkanes of at least 4 members (excludes halogenated alkanes) is 56. The highest BCUT2D eigenvalue weighted by molar-refractivity contribution is 7.47. The molecule has 0 aromatic carbocycles. The molecule has 0 saturated heterocycles. The normalized spacial score (nSPS) is 13.8. The second-order valence-corrected chi connectivity index (χ2v) is 35.1. The van der Waals surface area contributed by atoms with Crippen LogP contribution >= 0.6 is 15.6 Å². The van der Waals surface area contributed by atoms with E-state index in [1.54, 1.807) is 0 Å². The molecular weight excluding hydrogens is 1380 g/mol. The van der Waals surface area contributed by atoms with Crippen molar-refractivity contribution in [1.29, 1.82) is 0 Å². The fourth-order valence-electron chi connectivity index (χ4n) is 13.6. The summed E-state index contributed by atoms with van der Waals surface area (Å²) < 4.78 is 68.9. The molecule has 3 N–H and O–H groups in total. The Bertz CT molecular complexity index is 2030. The van der Waals surface area contributed by atoms with Crippen LogP contribution in [0, 0.1) is 11.8 Å². The lowest BCUT2D eigenvalue weighted by molar-refractivity contribution is -0.161.